The van der Waals surface area contributed by atoms with E-state index >= 15 is 0 Å². The number of carbonyl (C=O) groups is 1. The summed E-state index contributed by atoms with van der Waals surface area (Å²) in [4.78, 5) is 18.7. The summed E-state index contributed by atoms with van der Waals surface area (Å²) in [5, 5.41) is 9.79. The highest BCUT2D eigenvalue weighted by molar-refractivity contribution is 7.89. The molecule has 8 nitrogen and oxygen atoms in total. The molecule has 0 spiro atoms. The maximum Gasteiger partial charge on any atom is 0.247 e. The molecule has 2 heterocycles. The Hall–Kier alpha value is -2.93. The molecule has 1 aliphatic heterocycles. The molecular formula is C27H35N3O5S. The first-order valence-electron chi connectivity index (χ1n) is 12.1. The van der Waals surface area contributed by atoms with Crippen molar-refractivity contribution in [2.45, 2.75) is 51.2 Å². The molecule has 9 heteroatoms. The monoisotopic (exact) mass is 513 g/mol. The van der Waals surface area contributed by atoms with Crippen LogP contribution in [0.1, 0.15) is 39.0 Å². The number of aromatic nitrogens is 1. The smallest absolute Gasteiger partial charge is 0.247 e. The molecule has 1 aromatic carbocycles. The number of likely N-dealkylation sites (N-methyl/N-ethyl adjacent to an activating group) is 1. The van der Waals surface area contributed by atoms with Gasteiger partial charge in [0.25, 0.3) is 0 Å². The number of rotatable bonds is 6. The average Bonchev–Trinajstić information content (AvgIpc) is 2.84. The number of benzene rings is 1. The van der Waals surface area contributed by atoms with Gasteiger partial charge in [0.1, 0.15) is 16.7 Å². The second-order valence-electron chi connectivity index (χ2n) is 9.60. The predicted molar refractivity (Wildman–Crippen MR) is 138 cm³/mol. The molecule has 1 aromatic heterocycles. The lowest BCUT2D eigenvalue weighted by atomic mass is 10.0. The third-order valence-electron chi connectivity index (χ3n) is 6.11. The fraction of sp³-hybridized carbons (Fsp3) is 0.481. The predicted octanol–water partition coefficient (Wildman–Crippen LogP) is 2.56. The molecule has 1 N–H and O–H groups in total. The van der Waals surface area contributed by atoms with E-state index in [1.165, 1.54) is 10.4 Å². The lowest BCUT2D eigenvalue weighted by Crippen LogP contribution is -2.50. The average molecular weight is 514 g/mol. The Morgan fingerprint density at radius 3 is 2.67 bits per heavy atom. The third kappa shape index (κ3) is 6.64. The van der Waals surface area contributed by atoms with Crippen LogP contribution in [0.2, 0.25) is 0 Å². The Morgan fingerprint density at radius 2 is 2.03 bits per heavy atom. The molecule has 0 unspecified atom stereocenters. The van der Waals surface area contributed by atoms with Gasteiger partial charge in [-0.05, 0) is 37.3 Å². The Labute approximate surface area is 214 Å². The normalized spacial score (nSPS) is 20.2. The van der Waals surface area contributed by atoms with Gasteiger partial charge in [-0.15, -0.1) is 0 Å². The topological polar surface area (TPSA) is 100 Å². The Bertz CT molecular complexity index is 1220. The molecule has 0 saturated heterocycles. The van der Waals surface area contributed by atoms with E-state index in [9.17, 15) is 18.3 Å². The van der Waals surface area contributed by atoms with Crippen molar-refractivity contribution in [2.75, 3.05) is 26.7 Å². The van der Waals surface area contributed by atoms with Crippen molar-refractivity contribution >= 4 is 15.9 Å². The number of aliphatic hydroxyl groups is 1. The SMILES string of the molecule is CC(C)C#Cc1ccc2c(c1)O[C@@H](CN(C)C(=O)Cc1ccccn1)[C@H](C)CN([C@H](C)CO)S2(=O)=O. The minimum Gasteiger partial charge on any atom is -0.487 e. The number of amides is 1. The van der Waals surface area contributed by atoms with Gasteiger partial charge in [-0.2, -0.15) is 4.31 Å². The highest BCUT2D eigenvalue weighted by atomic mass is 32.2. The lowest BCUT2D eigenvalue weighted by Gasteiger charge is -2.37. The number of ether oxygens (including phenoxy) is 1. The number of carbonyl (C=O) groups excluding carboxylic acids is 1. The van der Waals surface area contributed by atoms with Gasteiger partial charge in [0.15, 0.2) is 0 Å². The summed E-state index contributed by atoms with van der Waals surface area (Å²) in [6, 6.07) is 9.64. The van der Waals surface area contributed by atoms with Crippen LogP contribution in [-0.2, 0) is 21.2 Å². The van der Waals surface area contributed by atoms with Gasteiger partial charge in [-0.3, -0.25) is 9.78 Å². The molecule has 0 fully saturated rings. The van der Waals surface area contributed by atoms with E-state index in [1.807, 2.05) is 26.8 Å². The van der Waals surface area contributed by atoms with Gasteiger partial charge < -0.3 is 14.7 Å². The van der Waals surface area contributed by atoms with Crippen molar-refractivity contribution < 1.29 is 23.1 Å². The van der Waals surface area contributed by atoms with E-state index in [0.29, 0.717) is 11.3 Å². The fourth-order valence-electron chi connectivity index (χ4n) is 3.91. The molecular weight excluding hydrogens is 478 g/mol. The minimum atomic E-state index is -3.93. The second-order valence-corrected chi connectivity index (χ2v) is 11.5. The third-order valence-corrected chi connectivity index (χ3v) is 8.13. The number of nitrogens with zero attached hydrogens (tertiary/aromatic N) is 3. The summed E-state index contributed by atoms with van der Waals surface area (Å²) in [7, 11) is -2.23. The summed E-state index contributed by atoms with van der Waals surface area (Å²) in [5.41, 5.74) is 1.32. The van der Waals surface area contributed by atoms with E-state index in [0.717, 1.165) is 0 Å². The van der Waals surface area contributed by atoms with Crippen molar-refractivity contribution in [3.05, 3.63) is 53.9 Å². The van der Waals surface area contributed by atoms with Gasteiger partial charge in [-0.25, -0.2) is 8.42 Å². The molecule has 0 aliphatic carbocycles. The zero-order chi connectivity index (χ0) is 26.5. The van der Waals surface area contributed by atoms with Crippen LogP contribution >= 0.6 is 0 Å². The number of pyridine rings is 1. The molecule has 0 radical (unpaired) electrons. The molecule has 1 amide bonds. The first-order chi connectivity index (χ1) is 17.0. The Balaban J connectivity index is 1.96. The number of hydrogen-bond donors (Lipinski definition) is 1. The van der Waals surface area contributed by atoms with Crippen LogP contribution in [0.25, 0.3) is 0 Å². The molecule has 3 atom stereocenters. The van der Waals surface area contributed by atoms with Crippen LogP contribution in [0.15, 0.2) is 47.5 Å². The molecule has 2 aromatic rings. The maximum atomic E-state index is 13.6. The number of fused-ring (bicyclic) bond motifs is 1. The number of hydrogen-bond acceptors (Lipinski definition) is 6. The first-order valence-corrected chi connectivity index (χ1v) is 13.6. The van der Waals surface area contributed by atoms with Crippen LogP contribution in [0.3, 0.4) is 0 Å². The van der Waals surface area contributed by atoms with Crippen LogP contribution in [0.4, 0.5) is 0 Å². The van der Waals surface area contributed by atoms with Crippen LogP contribution < -0.4 is 4.74 Å². The summed E-state index contributed by atoms with van der Waals surface area (Å²) < 4.78 is 34.8. The minimum absolute atomic E-state index is 0.0252. The molecule has 36 heavy (non-hydrogen) atoms. The van der Waals surface area contributed by atoms with Crippen LogP contribution in [-0.4, -0.2) is 72.5 Å². The lowest BCUT2D eigenvalue weighted by molar-refractivity contribution is -0.130. The zero-order valence-corrected chi connectivity index (χ0v) is 22.3. The highest BCUT2D eigenvalue weighted by Crippen LogP contribution is 2.34. The zero-order valence-electron chi connectivity index (χ0n) is 21.5. The van der Waals surface area contributed by atoms with Crippen LogP contribution in [0, 0.1) is 23.7 Å². The van der Waals surface area contributed by atoms with E-state index < -0.39 is 22.2 Å². The van der Waals surface area contributed by atoms with E-state index in [1.54, 1.807) is 49.3 Å². The van der Waals surface area contributed by atoms with Gasteiger partial charge in [0.05, 0.1) is 19.6 Å². The maximum absolute atomic E-state index is 13.6. The quantitative estimate of drug-likeness (QED) is 0.596. The van der Waals surface area contributed by atoms with Crippen molar-refractivity contribution in [2.24, 2.45) is 11.8 Å². The second kappa shape index (κ2) is 11.9. The fourth-order valence-corrected chi connectivity index (χ4v) is 5.74. The highest BCUT2D eigenvalue weighted by Gasteiger charge is 2.38. The van der Waals surface area contributed by atoms with Gasteiger partial charge >= 0.3 is 0 Å². The molecule has 1 aliphatic rings. The van der Waals surface area contributed by atoms with Crippen molar-refractivity contribution in [1.29, 1.82) is 0 Å². The summed E-state index contributed by atoms with van der Waals surface area (Å²) in [6.45, 7) is 7.61. The number of aliphatic hydroxyl groups excluding tert-OH is 1. The van der Waals surface area contributed by atoms with E-state index in [-0.39, 0.29) is 54.5 Å². The standard InChI is InChI=1S/C27H35N3O5S/c1-19(2)9-10-22-11-12-26-24(14-22)35-25(20(3)16-30(21(4)18-31)36(26,33)34)17-29(5)27(32)15-23-8-6-7-13-28-23/h6-8,11-14,19-21,25,31H,15-18H2,1-5H3/t20-,21-,25+/m1/s1. The van der Waals surface area contributed by atoms with Gasteiger partial charge in [0.2, 0.25) is 15.9 Å². The van der Waals surface area contributed by atoms with Crippen LogP contribution in [0.5, 0.6) is 5.75 Å². The van der Waals surface area contributed by atoms with Crippen molar-refractivity contribution in [1.82, 2.24) is 14.2 Å². The van der Waals surface area contributed by atoms with Crippen molar-refractivity contribution in [3.63, 3.8) is 0 Å². The molecule has 0 bridgehead atoms. The largest absolute Gasteiger partial charge is 0.487 e. The van der Waals surface area contributed by atoms with Crippen molar-refractivity contribution in [3.8, 4) is 17.6 Å². The summed E-state index contributed by atoms with van der Waals surface area (Å²) >= 11 is 0. The van der Waals surface area contributed by atoms with Gasteiger partial charge in [-0.1, -0.05) is 38.7 Å². The van der Waals surface area contributed by atoms with E-state index in [4.69, 9.17) is 4.74 Å². The Morgan fingerprint density at radius 1 is 1.28 bits per heavy atom. The number of sulfonamides is 1. The first kappa shape index (κ1) is 27.7. The molecule has 0 saturated carbocycles. The van der Waals surface area contributed by atoms with Gasteiger partial charge in [0, 0.05) is 48.9 Å². The molecule has 3 rings (SSSR count). The summed E-state index contributed by atoms with van der Waals surface area (Å²) in [6.07, 6.45) is 1.32. The van der Waals surface area contributed by atoms with E-state index in [2.05, 4.69) is 16.8 Å². The summed E-state index contributed by atoms with van der Waals surface area (Å²) in [5.74, 6) is 6.12. The Kier molecular flexibility index (Phi) is 9.12. The molecule has 194 valence electrons.